The third kappa shape index (κ3) is 7.07. The van der Waals surface area contributed by atoms with Gasteiger partial charge in [-0.3, -0.25) is 0 Å². The van der Waals surface area contributed by atoms with Gasteiger partial charge >= 0.3 is 0 Å². The highest BCUT2D eigenvalue weighted by Gasteiger charge is 2.16. The Kier molecular flexibility index (Phi) is 7.35. The van der Waals surface area contributed by atoms with E-state index in [0.29, 0.717) is 5.92 Å². The molecule has 1 aromatic rings. The first-order valence-corrected chi connectivity index (χ1v) is 9.24. The van der Waals surface area contributed by atoms with Crippen LogP contribution in [0.5, 0.6) is 0 Å². The van der Waals surface area contributed by atoms with Gasteiger partial charge in [0.2, 0.25) is 10.0 Å². The van der Waals surface area contributed by atoms with E-state index in [4.69, 9.17) is 0 Å². The Morgan fingerprint density at radius 1 is 1.10 bits per heavy atom. The molecule has 21 heavy (non-hydrogen) atoms. The number of hydrogen-bond acceptors (Lipinski definition) is 3. The molecule has 1 aromatic carbocycles. The molecular weight excluding hydrogens is 284 g/mol. The van der Waals surface area contributed by atoms with Crippen molar-refractivity contribution in [2.45, 2.75) is 52.0 Å². The second-order valence-electron chi connectivity index (χ2n) is 5.87. The smallest absolute Gasteiger partial charge is 0.216 e. The summed E-state index contributed by atoms with van der Waals surface area (Å²) in [7, 11) is -1.39. The van der Waals surface area contributed by atoms with Crippen LogP contribution in [0.1, 0.15) is 44.7 Å². The summed E-state index contributed by atoms with van der Waals surface area (Å²) in [4.78, 5) is 0. The van der Waals surface area contributed by atoms with E-state index >= 15 is 0 Å². The third-order valence-electron chi connectivity index (χ3n) is 3.59. The highest BCUT2D eigenvalue weighted by atomic mass is 32.2. The Morgan fingerprint density at radius 3 is 2.19 bits per heavy atom. The van der Waals surface area contributed by atoms with Gasteiger partial charge in [0.1, 0.15) is 0 Å². The molecule has 0 saturated heterocycles. The van der Waals surface area contributed by atoms with Crippen LogP contribution >= 0.6 is 0 Å². The van der Waals surface area contributed by atoms with Crippen molar-refractivity contribution in [3.63, 3.8) is 0 Å². The Morgan fingerprint density at radius 2 is 1.67 bits per heavy atom. The Balaban J connectivity index is 2.59. The second-order valence-corrected chi connectivity index (χ2v) is 7.63. The standard InChI is InChI=1S/C16H28N2O2S/c1-5-13(2)10-14(3)18-21(19,20)12-16-8-6-15(7-9-16)11-17-4/h6-9,13-14,17-18H,5,10-12H2,1-4H3. The molecule has 0 aromatic heterocycles. The fourth-order valence-electron chi connectivity index (χ4n) is 2.34. The lowest BCUT2D eigenvalue weighted by atomic mass is 10.0. The lowest BCUT2D eigenvalue weighted by molar-refractivity contribution is 0.445. The largest absolute Gasteiger partial charge is 0.316 e. The molecule has 0 aliphatic carbocycles. The summed E-state index contributed by atoms with van der Waals surface area (Å²) in [6, 6.07) is 7.66. The molecule has 0 fully saturated rings. The van der Waals surface area contributed by atoms with Crippen LogP contribution in [-0.2, 0) is 22.3 Å². The van der Waals surface area contributed by atoms with Crippen molar-refractivity contribution >= 4 is 10.0 Å². The maximum Gasteiger partial charge on any atom is 0.216 e. The topological polar surface area (TPSA) is 58.2 Å². The van der Waals surface area contributed by atoms with Gasteiger partial charge < -0.3 is 5.32 Å². The van der Waals surface area contributed by atoms with Gasteiger partial charge in [0.25, 0.3) is 0 Å². The van der Waals surface area contributed by atoms with Crippen LogP contribution in [-0.4, -0.2) is 21.5 Å². The van der Waals surface area contributed by atoms with Gasteiger partial charge in [-0.15, -0.1) is 0 Å². The molecule has 2 unspecified atom stereocenters. The van der Waals surface area contributed by atoms with Crippen LogP contribution in [0, 0.1) is 5.92 Å². The Bertz CT molecular complexity index is 512. The minimum absolute atomic E-state index is 0.0199. The zero-order valence-corrected chi connectivity index (χ0v) is 14.3. The average molecular weight is 312 g/mol. The normalized spacial score (nSPS) is 14.9. The molecular formula is C16H28N2O2S. The summed E-state index contributed by atoms with van der Waals surface area (Å²) in [6.07, 6.45) is 1.94. The zero-order valence-electron chi connectivity index (χ0n) is 13.5. The molecule has 0 radical (unpaired) electrons. The number of benzene rings is 1. The van der Waals surface area contributed by atoms with E-state index in [1.165, 1.54) is 0 Å². The van der Waals surface area contributed by atoms with Gasteiger partial charge in [0.05, 0.1) is 5.75 Å². The molecule has 0 saturated carbocycles. The Labute approximate surface area is 129 Å². The van der Waals surface area contributed by atoms with Crippen LogP contribution in [0.15, 0.2) is 24.3 Å². The summed E-state index contributed by atoms with van der Waals surface area (Å²) in [5.74, 6) is 0.570. The highest BCUT2D eigenvalue weighted by Crippen LogP contribution is 2.12. The number of hydrogen-bond donors (Lipinski definition) is 2. The van der Waals surface area contributed by atoms with Crippen LogP contribution < -0.4 is 10.0 Å². The molecule has 0 amide bonds. The fourth-order valence-corrected chi connectivity index (χ4v) is 3.77. The van der Waals surface area contributed by atoms with Gasteiger partial charge in [-0.1, -0.05) is 44.5 Å². The second kappa shape index (κ2) is 8.51. The monoisotopic (exact) mass is 312 g/mol. The first-order valence-electron chi connectivity index (χ1n) is 7.58. The van der Waals surface area contributed by atoms with E-state index in [1.54, 1.807) is 0 Å². The first kappa shape index (κ1) is 18.1. The maximum atomic E-state index is 12.2. The van der Waals surface area contributed by atoms with Crippen molar-refractivity contribution in [3.05, 3.63) is 35.4 Å². The summed E-state index contributed by atoms with van der Waals surface area (Å²) in [5, 5.41) is 3.07. The summed E-state index contributed by atoms with van der Waals surface area (Å²) < 4.78 is 27.1. The predicted molar refractivity (Wildman–Crippen MR) is 88.5 cm³/mol. The number of nitrogens with one attached hydrogen (secondary N) is 2. The molecule has 5 heteroatoms. The third-order valence-corrected chi connectivity index (χ3v) is 5.07. The van der Waals surface area contributed by atoms with Crippen molar-refractivity contribution in [2.24, 2.45) is 5.92 Å². The van der Waals surface area contributed by atoms with Gasteiger partial charge in [0.15, 0.2) is 0 Å². The van der Waals surface area contributed by atoms with E-state index in [0.717, 1.165) is 30.5 Å². The molecule has 2 atom stereocenters. The predicted octanol–water partition coefficient (Wildman–Crippen LogP) is 2.65. The van der Waals surface area contributed by atoms with E-state index in [2.05, 4.69) is 23.9 Å². The Hall–Kier alpha value is -0.910. The molecule has 0 aliphatic rings. The van der Waals surface area contributed by atoms with Crippen LogP contribution in [0.3, 0.4) is 0 Å². The maximum absolute atomic E-state index is 12.2. The average Bonchev–Trinajstić information content (AvgIpc) is 2.40. The van der Waals surface area contributed by atoms with Crippen molar-refractivity contribution in [1.29, 1.82) is 0 Å². The number of rotatable bonds is 9. The molecule has 4 nitrogen and oxygen atoms in total. The van der Waals surface area contributed by atoms with Gasteiger partial charge in [-0.2, -0.15) is 0 Å². The molecule has 120 valence electrons. The van der Waals surface area contributed by atoms with Crippen LogP contribution in [0.4, 0.5) is 0 Å². The lowest BCUT2D eigenvalue weighted by Crippen LogP contribution is -2.34. The minimum Gasteiger partial charge on any atom is -0.316 e. The SMILES string of the molecule is CCC(C)CC(C)NS(=O)(=O)Cc1ccc(CNC)cc1. The van der Waals surface area contributed by atoms with E-state index < -0.39 is 10.0 Å². The van der Waals surface area contributed by atoms with Crippen LogP contribution in [0.2, 0.25) is 0 Å². The molecule has 0 heterocycles. The van der Waals surface area contributed by atoms with E-state index in [-0.39, 0.29) is 11.8 Å². The lowest BCUT2D eigenvalue weighted by Gasteiger charge is -2.17. The van der Waals surface area contributed by atoms with Crippen molar-refractivity contribution in [1.82, 2.24) is 10.0 Å². The van der Waals surface area contributed by atoms with Gasteiger partial charge in [-0.25, -0.2) is 13.1 Å². The summed E-state index contributed by atoms with van der Waals surface area (Å²) in [5.41, 5.74) is 1.97. The summed E-state index contributed by atoms with van der Waals surface area (Å²) in [6.45, 7) is 6.99. The van der Waals surface area contributed by atoms with Gasteiger partial charge in [-0.05, 0) is 37.4 Å². The van der Waals surface area contributed by atoms with Gasteiger partial charge in [0, 0.05) is 12.6 Å². The molecule has 1 rings (SSSR count). The van der Waals surface area contributed by atoms with Crippen molar-refractivity contribution in [3.8, 4) is 0 Å². The highest BCUT2D eigenvalue weighted by molar-refractivity contribution is 7.88. The first-order chi connectivity index (χ1) is 9.86. The van der Waals surface area contributed by atoms with Crippen LogP contribution in [0.25, 0.3) is 0 Å². The van der Waals surface area contributed by atoms with Crippen molar-refractivity contribution in [2.75, 3.05) is 7.05 Å². The fraction of sp³-hybridized carbons (Fsp3) is 0.625. The zero-order chi connectivity index (χ0) is 15.9. The summed E-state index contributed by atoms with van der Waals surface area (Å²) >= 11 is 0. The van der Waals surface area contributed by atoms with Crippen molar-refractivity contribution < 1.29 is 8.42 Å². The van der Waals surface area contributed by atoms with E-state index in [1.807, 2.05) is 38.2 Å². The van der Waals surface area contributed by atoms with E-state index in [9.17, 15) is 8.42 Å². The molecule has 2 N–H and O–H groups in total. The molecule has 0 bridgehead atoms. The molecule has 0 spiro atoms. The minimum atomic E-state index is -3.28. The quantitative estimate of drug-likeness (QED) is 0.737. The number of sulfonamides is 1. The molecule has 0 aliphatic heterocycles.